The van der Waals surface area contributed by atoms with E-state index in [1.54, 1.807) is 7.11 Å². The molecule has 0 radical (unpaired) electrons. The van der Waals surface area contributed by atoms with Gasteiger partial charge >= 0.3 is 0 Å². The summed E-state index contributed by atoms with van der Waals surface area (Å²) in [6.07, 6.45) is 7.04. The third-order valence-electron chi connectivity index (χ3n) is 7.77. The van der Waals surface area contributed by atoms with Crippen LogP contribution >= 0.6 is 11.6 Å². The Morgan fingerprint density at radius 2 is 1.73 bits per heavy atom. The molecule has 1 heterocycles. The average Bonchev–Trinajstić information content (AvgIpc) is 3.27. The van der Waals surface area contributed by atoms with Crippen LogP contribution in [0.3, 0.4) is 0 Å². The molecule has 1 aliphatic heterocycles. The highest BCUT2D eigenvalue weighted by Crippen LogP contribution is 2.45. The summed E-state index contributed by atoms with van der Waals surface area (Å²) >= 11 is 6.10. The third kappa shape index (κ3) is 4.85. The minimum Gasteiger partial charge on any atom is -0.499 e. The van der Waals surface area contributed by atoms with Crippen molar-refractivity contribution in [1.82, 2.24) is 5.32 Å². The van der Waals surface area contributed by atoms with E-state index in [0.717, 1.165) is 55.2 Å². The highest BCUT2D eigenvalue weighted by atomic mass is 35.5. The number of hydrogen-bond donors (Lipinski definition) is 1. The second kappa shape index (κ2) is 9.56. The van der Waals surface area contributed by atoms with Crippen molar-refractivity contribution in [1.29, 1.82) is 0 Å². The van der Waals surface area contributed by atoms with Gasteiger partial charge in [-0.15, -0.1) is 0 Å². The maximum Gasteiger partial charge on any atom is 0.114 e. The first-order valence-electron chi connectivity index (χ1n) is 12.0. The summed E-state index contributed by atoms with van der Waals surface area (Å²) in [4.78, 5) is 0. The Morgan fingerprint density at radius 3 is 2.33 bits per heavy atom. The maximum absolute atomic E-state index is 6.15. The summed E-state index contributed by atoms with van der Waals surface area (Å²) in [7, 11) is 1.72. The molecule has 4 heteroatoms. The van der Waals surface area contributed by atoms with Gasteiger partial charge in [0, 0.05) is 23.7 Å². The molecule has 0 bridgehead atoms. The van der Waals surface area contributed by atoms with E-state index in [2.05, 4.69) is 56.6 Å². The molecule has 4 rings (SSSR count). The minimum atomic E-state index is -0.293. The summed E-state index contributed by atoms with van der Waals surface area (Å²) in [6, 6.07) is 12.4. The third-order valence-corrected chi connectivity index (χ3v) is 8.03. The lowest BCUT2D eigenvalue weighted by Crippen LogP contribution is -2.52. The van der Waals surface area contributed by atoms with Crippen molar-refractivity contribution in [2.75, 3.05) is 13.7 Å². The Hall–Kier alpha value is -2.23. The van der Waals surface area contributed by atoms with Gasteiger partial charge in [0.15, 0.2) is 0 Å². The molecule has 1 N–H and O–H groups in total. The molecule has 33 heavy (non-hydrogen) atoms. The number of allylic oxidation sites excluding steroid dienone is 1. The predicted molar refractivity (Wildman–Crippen MR) is 138 cm³/mol. The molecule has 0 atom stereocenters. The Balaban J connectivity index is 1.54. The number of ether oxygens (including phenoxy) is 2. The van der Waals surface area contributed by atoms with E-state index in [4.69, 9.17) is 21.1 Å². The molecule has 1 spiro atoms. The highest BCUT2D eigenvalue weighted by Gasteiger charge is 2.47. The van der Waals surface area contributed by atoms with Gasteiger partial charge in [-0.05, 0) is 92.3 Å². The van der Waals surface area contributed by atoms with E-state index in [0.29, 0.717) is 0 Å². The average molecular weight is 466 g/mol. The van der Waals surface area contributed by atoms with Crippen LogP contribution < -0.4 is 5.32 Å². The monoisotopic (exact) mass is 465 g/mol. The fourth-order valence-electron chi connectivity index (χ4n) is 5.65. The van der Waals surface area contributed by atoms with Gasteiger partial charge in [0.25, 0.3) is 0 Å². The van der Waals surface area contributed by atoms with E-state index < -0.39 is 0 Å². The van der Waals surface area contributed by atoms with E-state index in [1.807, 2.05) is 12.1 Å². The molecular formula is C29H36ClNO2. The van der Waals surface area contributed by atoms with Crippen LogP contribution in [0.1, 0.15) is 55.2 Å². The summed E-state index contributed by atoms with van der Waals surface area (Å²) in [5.74, 6) is 0.792. The molecule has 1 aliphatic carbocycles. The van der Waals surface area contributed by atoms with Gasteiger partial charge < -0.3 is 14.8 Å². The van der Waals surface area contributed by atoms with Crippen LogP contribution in [0.5, 0.6) is 0 Å². The van der Waals surface area contributed by atoms with Gasteiger partial charge in [-0.25, -0.2) is 0 Å². The zero-order chi connectivity index (χ0) is 23.6. The first kappa shape index (κ1) is 23.9. The Bertz CT molecular complexity index is 1020. The fourth-order valence-corrected chi connectivity index (χ4v) is 5.78. The van der Waals surface area contributed by atoms with Crippen LogP contribution in [-0.2, 0) is 15.9 Å². The molecule has 176 valence electrons. The zero-order valence-corrected chi connectivity index (χ0v) is 21.0. The molecule has 3 nitrogen and oxygen atoms in total. The maximum atomic E-state index is 6.15. The van der Waals surface area contributed by atoms with Crippen LogP contribution in [-0.4, -0.2) is 24.9 Å². The molecule has 2 aromatic carbocycles. The van der Waals surface area contributed by atoms with Crippen LogP contribution in [0.2, 0.25) is 5.02 Å². The zero-order valence-electron chi connectivity index (χ0n) is 20.2. The SMILES string of the molecule is C=C(Cc1c(C)ccc(-c2ccc(Cl)cc2)c1C)NC1(C(=C)OC)CCC2(CCCO2)CC1. The molecule has 0 aromatic heterocycles. The quantitative estimate of drug-likeness (QED) is 0.435. The van der Waals surface area contributed by atoms with Crippen molar-refractivity contribution in [3.8, 4) is 11.1 Å². The number of halogens is 1. The standard InChI is InChI=1S/C29H36ClNO2/c1-20-7-12-26(24-8-10-25(30)11-9-24)22(3)27(20)19-21(2)31-29(23(4)32-5)16-14-28(15-17-29)13-6-18-33-28/h7-12,31H,2,4,6,13-19H2,1,3,5H3. The summed E-state index contributed by atoms with van der Waals surface area (Å²) in [6.45, 7) is 14.0. The van der Waals surface area contributed by atoms with Crippen LogP contribution in [0, 0.1) is 13.8 Å². The number of benzene rings is 2. The van der Waals surface area contributed by atoms with Gasteiger partial charge in [0.2, 0.25) is 0 Å². The molecule has 2 fully saturated rings. The van der Waals surface area contributed by atoms with E-state index in [-0.39, 0.29) is 11.1 Å². The lowest BCUT2D eigenvalue weighted by molar-refractivity contribution is -0.0435. The molecule has 2 aromatic rings. The second-order valence-corrected chi connectivity index (χ2v) is 10.2. The molecule has 1 saturated carbocycles. The number of methoxy groups -OCH3 is 1. The van der Waals surface area contributed by atoms with Gasteiger partial charge in [-0.2, -0.15) is 0 Å². The van der Waals surface area contributed by atoms with Crippen LogP contribution in [0.25, 0.3) is 11.1 Å². The minimum absolute atomic E-state index is 0.0562. The van der Waals surface area contributed by atoms with Gasteiger partial charge in [-0.3, -0.25) is 0 Å². The van der Waals surface area contributed by atoms with Crippen molar-refractivity contribution in [3.05, 3.63) is 82.7 Å². The highest BCUT2D eigenvalue weighted by molar-refractivity contribution is 6.30. The van der Waals surface area contributed by atoms with Crippen molar-refractivity contribution < 1.29 is 9.47 Å². The van der Waals surface area contributed by atoms with Gasteiger partial charge in [0.1, 0.15) is 5.76 Å². The Morgan fingerprint density at radius 1 is 1.03 bits per heavy atom. The largest absolute Gasteiger partial charge is 0.499 e. The van der Waals surface area contributed by atoms with Gasteiger partial charge in [0.05, 0.1) is 18.2 Å². The lowest BCUT2D eigenvalue weighted by atomic mass is 9.72. The smallest absolute Gasteiger partial charge is 0.114 e. The topological polar surface area (TPSA) is 30.5 Å². The number of aryl methyl sites for hydroxylation is 1. The number of hydrogen-bond acceptors (Lipinski definition) is 3. The van der Waals surface area contributed by atoms with Crippen LogP contribution in [0.4, 0.5) is 0 Å². The van der Waals surface area contributed by atoms with E-state index in [9.17, 15) is 0 Å². The first-order valence-corrected chi connectivity index (χ1v) is 12.3. The molecule has 2 aliphatic rings. The number of nitrogens with one attached hydrogen (secondary N) is 1. The first-order chi connectivity index (χ1) is 15.8. The van der Waals surface area contributed by atoms with Crippen molar-refractivity contribution in [2.45, 2.75) is 69.9 Å². The molecular weight excluding hydrogens is 430 g/mol. The molecule has 0 amide bonds. The Kier molecular flexibility index (Phi) is 6.93. The fraction of sp³-hybridized carbons (Fsp3) is 0.448. The van der Waals surface area contributed by atoms with Crippen molar-refractivity contribution in [2.24, 2.45) is 0 Å². The second-order valence-electron chi connectivity index (χ2n) is 9.79. The van der Waals surface area contributed by atoms with Crippen LogP contribution in [0.15, 0.2) is 61.0 Å². The van der Waals surface area contributed by atoms with Gasteiger partial charge in [-0.1, -0.05) is 49.0 Å². The Labute approximate surface area is 203 Å². The van der Waals surface area contributed by atoms with Crippen molar-refractivity contribution >= 4 is 11.6 Å². The summed E-state index contributed by atoms with van der Waals surface area (Å²) in [5, 5.41) is 4.52. The lowest BCUT2D eigenvalue weighted by Gasteiger charge is -2.46. The van der Waals surface area contributed by atoms with Crippen molar-refractivity contribution in [3.63, 3.8) is 0 Å². The van der Waals surface area contributed by atoms with E-state index in [1.165, 1.54) is 40.7 Å². The van der Waals surface area contributed by atoms with E-state index >= 15 is 0 Å². The molecule has 0 unspecified atom stereocenters. The summed E-state index contributed by atoms with van der Waals surface area (Å²) in [5.41, 5.74) is 7.03. The normalized spacial score (nSPS) is 24.6. The number of rotatable bonds is 7. The molecule has 1 saturated heterocycles. The predicted octanol–water partition coefficient (Wildman–Crippen LogP) is 7.29. The summed E-state index contributed by atoms with van der Waals surface area (Å²) < 4.78 is 11.8.